The Labute approximate surface area is 73.0 Å². The van der Waals surface area contributed by atoms with Crippen molar-refractivity contribution < 1.29 is 5.11 Å². The molecule has 1 nitrogen and oxygen atoms in total. The number of rotatable bonds is 0. The fourth-order valence-corrected chi connectivity index (χ4v) is 1.43. The third kappa shape index (κ3) is 1.60. The van der Waals surface area contributed by atoms with Gasteiger partial charge in [0, 0.05) is 5.56 Å². The van der Waals surface area contributed by atoms with E-state index in [0.29, 0.717) is 0 Å². The standard InChI is InChI=1S/C11H12O/c1-8-6-9(2)11(4-5-12)10(3)7-8/h6-7,12H,1-3H3. The van der Waals surface area contributed by atoms with Gasteiger partial charge in [-0.25, -0.2) is 0 Å². The van der Waals surface area contributed by atoms with Gasteiger partial charge in [-0.05, 0) is 37.8 Å². The Morgan fingerprint density at radius 3 is 2.00 bits per heavy atom. The van der Waals surface area contributed by atoms with E-state index in [0.717, 1.165) is 16.7 Å². The van der Waals surface area contributed by atoms with Gasteiger partial charge in [0.2, 0.25) is 0 Å². The summed E-state index contributed by atoms with van der Waals surface area (Å²) in [6.45, 7) is 6.05. The zero-order chi connectivity index (χ0) is 9.14. The van der Waals surface area contributed by atoms with Crippen molar-refractivity contribution in [2.45, 2.75) is 20.8 Å². The van der Waals surface area contributed by atoms with Crippen molar-refractivity contribution in [2.24, 2.45) is 0 Å². The number of aliphatic hydroxyl groups excluding tert-OH is 1. The van der Waals surface area contributed by atoms with Crippen LogP contribution in [0.2, 0.25) is 0 Å². The summed E-state index contributed by atoms with van der Waals surface area (Å²) < 4.78 is 0. The fraction of sp³-hybridized carbons (Fsp3) is 0.273. The predicted octanol–water partition coefficient (Wildman–Crippen LogP) is 2.29. The SMILES string of the molecule is Cc1cc(C)c(C#CO)c(C)c1. The highest BCUT2D eigenvalue weighted by Crippen LogP contribution is 2.14. The highest BCUT2D eigenvalue weighted by atomic mass is 16.2. The van der Waals surface area contributed by atoms with Crippen LogP contribution in [-0.2, 0) is 0 Å². The normalized spacial score (nSPS) is 8.92. The molecule has 0 aromatic heterocycles. The van der Waals surface area contributed by atoms with Gasteiger partial charge in [0.05, 0.1) is 0 Å². The topological polar surface area (TPSA) is 20.2 Å². The van der Waals surface area contributed by atoms with E-state index < -0.39 is 0 Å². The zero-order valence-corrected chi connectivity index (χ0v) is 7.60. The van der Waals surface area contributed by atoms with Crippen molar-refractivity contribution in [3.63, 3.8) is 0 Å². The Morgan fingerprint density at radius 1 is 1.08 bits per heavy atom. The molecule has 0 aliphatic heterocycles. The second-order valence-electron chi connectivity index (χ2n) is 3.01. The molecule has 0 amide bonds. The molecule has 1 heteroatoms. The summed E-state index contributed by atoms with van der Waals surface area (Å²) in [7, 11) is 0. The van der Waals surface area contributed by atoms with Gasteiger partial charge in [-0.1, -0.05) is 17.7 Å². The van der Waals surface area contributed by atoms with Crippen LogP contribution in [0.15, 0.2) is 12.1 Å². The summed E-state index contributed by atoms with van der Waals surface area (Å²) in [6.07, 6.45) is 1.94. The fourth-order valence-electron chi connectivity index (χ4n) is 1.43. The molecule has 0 spiro atoms. The summed E-state index contributed by atoms with van der Waals surface area (Å²) in [5.41, 5.74) is 4.40. The van der Waals surface area contributed by atoms with Crippen molar-refractivity contribution in [3.05, 3.63) is 34.4 Å². The molecule has 0 fully saturated rings. The molecule has 12 heavy (non-hydrogen) atoms. The third-order valence-electron chi connectivity index (χ3n) is 1.86. The maximum atomic E-state index is 8.48. The average Bonchev–Trinajstić information content (AvgIpc) is 1.96. The number of aryl methyl sites for hydroxylation is 3. The molecule has 62 valence electrons. The van der Waals surface area contributed by atoms with Crippen LogP contribution in [0.5, 0.6) is 0 Å². The lowest BCUT2D eigenvalue weighted by Crippen LogP contribution is -1.89. The number of hydrogen-bond acceptors (Lipinski definition) is 1. The second kappa shape index (κ2) is 3.32. The molecule has 0 unspecified atom stereocenters. The molecule has 0 aliphatic carbocycles. The first-order valence-electron chi connectivity index (χ1n) is 3.88. The molecule has 0 heterocycles. The van der Waals surface area contributed by atoms with Gasteiger partial charge in [-0.15, -0.1) is 0 Å². The van der Waals surface area contributed by atoms with Crippen LogP contribution in [0.3, 0.4) is 0 Å². The molecule has 1 N–H and O–H groups in total. The van der Waals surface area contributed by atoms with Crippen molar-refractivity contribution in [2.75, 3.05) is 0 Å². The third-order valence-corrected chi connectivity index (χ3v) is 1.86. The Kier molecular flexibility index (Phi) is 2.40. The maximum absolute atomic E-state index is 8.48. The number of benzene rings is 1. The van der Waals surface area contributed by atoms with Gasteiger partial charge in [0.1, 0.15) is 6.11 Å². The van der Waals surface area contributed by atoms with E-state index in [1.807, 2.05) is 20.0 Å². The molecule has 1 aromatic carbocycles. The van der Waals surface area contributed by atoms with Crippen LogP contribution in [0.25, 0.3) is 0 Å². The van der Waals surface area contributed by atoms with E-state index >= 15 is 0 Å². The first-order chi connectivity index (χ1) is 5.65. The summed E-state index contributed by atoms with van der Waals surface area (Å²) in [5.74, 6) is 2.68. The van der Waals surface area contributed by atoms with Gasteiger partial charge in [-0.2, -0.15) is 0 Å². The Hall–Kier alpha value is -1.42. The molecule has 0 saturated heterocycles. The van der Waals surface area contributed by atoms with Gasteiger partial charge in [0.15, 0.2) is 0 Å². The molecule has 0 saturated carbocycles. The molecule has 0 radical (unpaired) electrons. The van der Waals surface area contributed by atoms with Crippen LogP contribution in [0, 0.1) is 32.8 Å². The molecular formula is C11H12O. The smallest absolute Gasteiger partial charge is 0.113 e. The van der Waals surface area contributed by atoms with E-state index in [9.17, 15) is 0 Å². The van der Waals surface area contributed by atoms with Crippen molar-refractivity contribution in [1.29, 1.82) is 0 Å². The monoisotopic (exact) mass is 160 g/mol. The lowest BCUT2D eigenvalue weighted by molar-refractivity contribution is 0.517. The molecule has 0 aliphatic rings. The maximum Gasteiger partial charge on any atom is 0.113 e. The van der Waals surface area contributed by atoms with Gasteiger partial charge < -0.3 is 5.11 Å². The van der Waals surface area contributed by atoms with Crippen molar-refractivity contribution in [3.8, 4) is 12.0 Å². The first kappa shape index (κ1) is 8.67. The minimum atomic E-state index is 0.933. The van der Waals surface area contributed by atoms with Crippen molar-refractivity contribution in [1.82, 2.24) is 0 Å². The first-order valence-corrected chi connectivity index (χ1v) is 3.88. The minimum absolute atomic E-state index is 0.933. The van der Waals surface area contributed by atoms with Gasteiger partial charge in [-0.3, -0.25) is 0 Å². The van der Waals surface area contributed by atoms with E-state index in [1.54, 1.807) is 0 Å². The summed E-state index contributed by atoms with van der Waals surface area (Å²) in [5, 5.41) is 8.48. The van der Waals surface area contributed by atoms with Crippen molar-refractivity contribution >= 4 is 0 Å². The Balaban J connectivity index is 3.34. The van der Waals surface area contributed by atoms with Gasteiger partial charge in [0.25, 0.3) is 0 Å². The molecule has 0 atom stereocenters. The average molecular weight is 160 g/mol. The van der Waals surface area contributed by atoms with Crippen LogP contribution < -0.4 is 0 Å². The quantitative estimate of drug-likeness (QED) is 0.577. The largest absolute Gasteiger partial charge is 0.462 e. The Bertz CT molecular complexity index is 330. The Morgan fingerprint density at radius 2 is 1.58 bits per heavy atom. The summed E-state index contributed by atoms with van der Waals surface area (Å²) in [6, 6.07) is 4.12. The molecule has 1 rings (SSSR count). The summed E-state index contributed by atoms with van der Waals surface area (Å²) in [4.78, 5) is 0. The molecular weight excluding hydrogens is 148 g/mol. The highest BCUT2D eigenvalue weighted by Gasteiger charge is 1.99. The van der Waals surface area contributed by atoms with Crippen LogP contribution >= 0.6 is 0 Å². The predicted molar refractivity (Wildman–Crippen MR) is 49.5 cm³/mol. The molecule has 0 bridgehead atoms. The number of aliphatic hydroxyl groups is 1. The van der Waals surface area contributed by atoms with E-state index in [4.69, 9.17) is 5.11 Å². The van der Waals surface area contributed by atoms with Crippen LogP contribution in [0.1, 0.15) is 22.3 Å². The van der Waals surface area contributed by atoms with E-state index in [2.05, 4.69) is 25.0 Å². The lowest BCUT2D eigenvalue weighted by atomic mass is 10.0. The van der Waals surface area contributed by atoms with Crippen LogP contribution in [0.4, 0.5) is 0 Å². The van der Waals surface area contributed by atoms with E-state index in [-0.39, 0.29) is 0 Å². The second-order valence-corrected chi connectivity index (χ2v) is 3.01. The minimum Gasteiger partial charge on any atom is -0.462 e. The molecule has 1 aromatic rings. The lowest BCUT2D eigenvalue weighted by Gasteiger charge is -2.03. The van der Waals surface area contributed by atoms with Gasteiger partial charge >= 0.3 is 0 Å². The summed E-state index contributed by atoms with van der Waals surface area (Å²) >= 11 is 0. The zero-order valence-electron chi connectivity index (χ0n) is 7.60. The van der Waals surface area contributed by atoms with E-state index in [1.165, 1.54) is 5.56 Å². The number of hydrogen-bond donors (Lipinski definition) is 1. The highest BCUT2D eigenvalue weighted by molar-refractivity contribution is 5.47. The van der Waals surface area contributed by atoms with Crippen LogP contribution in [-0.4, -0.2) is 5.11 Å².